The van der Waals surface area contributed by atoms with Crippen molar-refractivity contribution in [2.45, 2.75) is 31.3 Å². The van der Waals surface area contributed by atoms with Crippen LogP contribution >= 0.6 is 11.6 Å². The predicted molar refractivity (Wildman–Crippen MR) is 105 cm³/mol. The van der Waals surface area contributed by atoms with Crippen LogP contribution in [-0.4, -0.2) is 70.8 Å². The van der Waals surface area contributed by atoms with Crippen molar-refractivity contribution in [2.75, 3.05) is 46.1 Å². The largest absolute Gasteiger partial charge is 0.482 e. The molecule has 158 valence electrons. The summed E-state index contributed by atoms with van der Waals surface area (Å²) in [5.74, 6) is -0.0356. The van der Waals surface area contributed by atoms with E-state index < -0.39 is 10.0 Å². The van der Waals surface area contributed by atoms with Crippen LogP contribution in [0.5, 0.6) is 5.75 Å². The topological polar surface area (TPSA) is 94.2 Å². The van der Waals surface area contributed by atoms with Crippen LogP contribution < -0.4 is 10.1 Å². The zero-order valence-corrected chi connectivity index (χ0v) is 17.7. The lowest BCUT2D eigenvalue weighted by Gasteiger charge is -2.26. The molecule has 0 saturated carbocycles. The van der Waals surface area contributed by atoms with Crippen molar-refractivity contribution in [3.05, 3.63) is 23.2 Å². The number of rotatable bonds is 10. The highest BCUT2D eigenvalue weighted by molar-refractivity contribution is 7.89. The molecule has 10 heteroatoms. The molecule has 1 amide bonds. The lowest BCUT2D eigenvalue weighted by molar-refractivity contribution is -0.123. The van der Waals surface area contributed by atoms with Crippen molar-refractivity contribution in [2.24, 2.45) is 0 Å². The zero-order chi connectivity index (χ0) is 20.6. The number of hydrogen-bond donors (Lipinski definition) is 1. The molecule has 8 nitrogen and oxygen atoms in total. The number of morpholine rings is 1. The van der Waals surface area contributed by atoms with Crippen molar-refractivity contribution in [1.82, 2.24) is 9.62 Å². The summed E-state index contributed by atoms with van der Waals surface area (Å²) >= 11 is 6.15. The summed E-state index contributed by atoms with van der Waals surface area (Å²) < 4.78 is 42.6. The van der Waals surface area contributed by atoms with Crippen LogP contribution in [0.2, 0.25) is 5.02 Å². The minimum Gasteiger partial charge on any atom is -0.482 e. The van der Waals surface area contributed by atoms with E-state index in [-0.39, 0.29) is 34.3 Å². The Morgan fingerprint density at radius 2 is 2.04 bits per heavy atom. The average molecular weight is 435 g/mol. The quantitative estimate of drug-likeness (QED) is 0.563. The van der Waals surface area contributed by atoms with E-state index in [2.05, 4.69) is 5.32 Å². The van der Waals surface area contributed by atoms with Crippen molar-refractivity contribution in [3.63, 3.8) is 0 Å². The van der Waals surface area contributed by atoms with Gasteiger partial charge in [0.1, 0.15) is 5.75 Å². The number of carbonyl (C=O) groups excluding carboxylic acids is 1. The first-order valence-electron chi connectivity index (χ1n) is 9.19. The number of nitrogens with zero attached hydrogens (tertiary/aromatic N) is 1. The molecule has 1 aliphatic heterocycles. The molecule has 0 spiro atoms. The number of nitrogens with one attached hydrogen (secondary N) is 1. The summed E-state index contributed by atoms with van der Waals surface area (Å²) in [5, 5.41) is 2.86. The first-order valence-corrected chi connectivity index (χ1v) is 11.0. The minimum absolute atomic E-state index is 0.0846. The zero-order valence-electron chi connectivity index (χ0n) is 16.1. The van der Waals surface area contributed by atoms with Gasteiger partial charge in [-0.1, -0.05) is 11.6 Å². The Kier molecular flexibility index (Phi) is 8.97. The average Bonchev–Trinajstić information content (AvgIpc) is 2.67. The maximum atomic E-state index is 12.6. The van der Waals surface area contributed by atoms with E-state index in [1.165, 1.54) is 22.5 Å². The lowest BCUT2D eigenvalue weighted by Crippen LogP contribution is -2.40. The van der Waals surface area contributed by atoms with Crippen LogP contribution in [0, 0.1) is 0 Å². The lowest BCUT2D eigenvalue weighted by atomic mass is 10.3. The van der Waals surface area contributed by atoms with Crippen molar-refractivity contribution < 1.29 is 27.4 Å². The fourth-order valence-corrected chi connectivity index (χ4v) is 4.24. The Bertz CT molecular complexity index is 750. The molecular weight excluding hydrogens is 408 g/mol. The Labute approximate surface area is 171 Å². The summed E-state index contributed by atoms with van der Waals surface area (Å²) in [6, 6.07) is 4.22. The monoisotopic (exact) mass is 434 g/mol. The Balaban J connectivity index is 1.84. The van der Waals surface area contributed by atoms with E-state index in [1.807, 2.05) is 13.8 Å². The van der Waals surface area contributed by atoms with Crippen LogP contribution in [0.25, 0.3) is 0 Å². The number of sulfonamides is 1. The molecule has 1 aromatic rings. The molecule has 0 atom stereocenters. The smallest absolute Gasteiger partial charge is 0.257 e. The number of halogens is 1. The highest BCUT2D eigenvalue weighted by atomic mass is 35.5. The third-order valence-corrected chi connectivity index (χ3v) is 6.15. The number of benzene rings is 1. The molecule has 1 saturated heterocycles. The molecule has 1 N–H and O–H groups in total. The first kappa shape index (κ1) is 22.9. The Hall–Kier alpha value is -1.39. The van der Waals surface area contributed by atoms with E-state index in [1.54, 1.807) is 0 Å². The van der Waals surface area contributed by atoms with Gasteiger partial charge in [0.05, 0.1) is 29.2 Å². The molecule has 0 bridgehead atoms. The second-order valence-corrected chi connectivity index (χ2v) is 8.87. The third kappa shape index (κ3) is 6.89. The number of ether oxygens (including phenoxy) is 3. The molecule has 28 heavy (non-hydrogen) atoms. The molecule has 0 unspecified atom stereocenters. The standard InChI is InChI=1S/C18H27ClN2O6S/c1-14(2)26-9-3-6-20-18(22)13-27-17-5-4-15(12-16(17)19)28(23,24)21-7-10-25-11-8-21/h4-5,12,14H,3,6-11,13H2,1-2H3,(H,20,22). The van der Waals surface area contributed by atoms with Crippen molar-refractivity contribution >= 4 is 27.5 Å². The molecule has 2 rings (SSSR count). The summed E-state index contributed by atoms with van der Waals surface area (Å²) in [7, 11) is -3.63. The fourth-order valence-electron chi connectivity index (χ4n) is 2.51. The van der Waals surface area contributed by atoms with E-state index >= 15 is 0 Å². The molecule has 0 radical (unpaired) electrons. The van der Waals surface area contributed by atoms with Crippen LogP contribution in [0.4, 0.5) is 0 Å². The normalized spacial score (nSPS) is 15.6. The van der Waals surface area contributed by atoms with Gasteiger partial charge in [0.2, 0.25) is 10.0 Å². The first-order chi connectivity index (χ1) is 13.3. The van der Waals surface area contributed by atoms with E-state index in [0.29, 0.717) is 45.9 Å². The van der Waals surface area contributed by atoms with Crippen molar-refractivity contribution in [3.8, 4) is 5.75 Å². The van der Waals surface area contributed by atoms with Gasteiger partial charge in [0.15, 0.2) is 6.61 Å². The van der Waals surface area contributed by atoms with Gasteiger partial charge in [-0.05, 0) is 38.5 Å². The van der Waals surface area contributed by atoms with Gasteiger partial charge < -0.3 is 19.5 Å². The van der Waals surface area contributed by atoms with Crippen LogP contribution in [0.15, 0.2) is 23.1 Å². The van der Waals surface area contributed by atoms with Gasteiger partial charge in [0, 0.05) is 26.2 Å². The molecule has 0 aromatic heterocycles. The molecular formula is C18H27ClN2O6S. The van der Waals surface area contributed by atoms with Gasteiger partial charge in [-0.25, -0.2) is 8.42 Å². The third-order valence-electron chi connectivity index (χ3n) is 3.96. The van der Waals surface area contributed by atoms with Crippen LogP contribution in [-0.2, 0) is 24.3 Å². The molecule has 1 aliphatic rings. The second kappa shape index (κ2) is 11.0. The van der Waals surface area contributed by atoms with Gasteiger partial charge >= 0.3 is 0 Å². The summed E-state index contributed by atoms with van der Waals surface area (Å²) in [5.41, 5.74) is 0. The summed E-state index contributed by atoms with van der Waals surface area (Å²) in [6.07, 6.45) is 0.870. The summed E-state index contributed by atoms with van der Waals surface area (Å²) in [4.78, 5) is 11.9. The highest BCUT2D eigenvalue weighted by Gasteiger charge is 2.27. The Morgan fingerprint density at radius 3 is 2.68 bits per heavy atom. The van der Waals surface area contributed by atoms with E-state index in [9.17, 15) is 13.2 Å². The fraction of sp³-hybridized carbons (Fsp3) is 0.611. The predicted octanol–water partition coefficient (Wildman–Crippen LogP) is 1.67. The maximum absolute atomic E-state index is 12.6. The van der Waals surface area contributed by atoms with Crippen LogP contribution in [0.1, 0.15) is 20.3 Å². The molecule has 1 fully saturated rings. The Morgan fingerprint density at radius 1 is 1.32 bits per heavy atom. The van der Waals surface area contributed by atoms with Gasteiger partial charge in [-0.3, -0.25) is 4.79 Å². The molecule has 0 aliphatic carbocycles. The minimum atomic E-state index is -3.63. The van der Waals surface area contributed by atoms with Crippen molar-refractivity contribution in [1.29, 1.82) is 0 Å². The number of carbonyl (C=O) groups is 1. The summed E-state index contributed by atoms with van der Waals surface area (Å²) in [6.45, 7) is 6.10. The SMILES string of the molecule is CC(C)OCCCNC(=O)COc1ccc(S(=O)(=O)N2CCOCC2)cc1Cl. The van der Waals surface area contributed by atoms with Crippen LogP contribution in [0.3, 0.4) is 0 Å². The molecule has 1 aromatic carbocycles. The highest BCUT2D eigenvalue weighted by Crippen LogP contribution is 2.29. The van der Waals surface area contributed by atoms with Gasteiger partial charge in [0.25, 0.3) is 5.91 Å². The van der Waals surface area contributed by atoms with E-state index in [4.69, 9.17) is 25.8 Å². The number of hydrogen-bond acceptors (Lipinski definition) is 6. The second-order valence-electron chi connectivity index (χ2n) is 6.52. The number of amides is 1. The maximum Gasteiger partial charge on any atom is 0.257 e. The molecule has 1 heterocycles. The van der Waals surface area contributed by atoms with E-state index in [0.717, 1.165) is 0 Å². The van der Waals surface area contributed by atoms with Gasteiger partial charge in [-0.2, -0.15) is 4.31 Å². The van der Waals surface area contributed by atoms with Gasteiger partial charge in [-0.15, -0.1) is 0 Å².